The molecular weight excluding hydrogens is 226 g/mol. The monoisotopic (exact) mass is 243 g/mol. The molecule has 2 aliphatic rings. The van der Waals surface area contributed by atoms with E-state index in [1.165, 1.54) is 11.1 Å². The molecule has 1 heterocycles. The first-order valence-electron chi connectivity index (χ1n) is 6.59. The lowest BCUT2D eigenvalue weighted by Crippen LogP contribution is -2.13. The Morgan fingerprint density at radius 2 is 2.00 bits per heavy atom. The van der Waals surface area contributed by atoms with Gasteiger partial charge in [0.25, 0.3) is 11.7 Å². The minimum Gasteiger partial charge on any atom is -0.318 e. The number of anilines is 1. The third-order valence-corrected chi connectivity index (χ3v) is 4.26. The lowest BCUT2D eigenvalue weighted by molar-refractivity contribution is -0.112. The van der Waals surface area contributed by atoms with Gasteiger partial charge in [0.05, 0.1) is 11.3 Å². The first kappa shape index (κ1) is 11.5. The van der Waals surface area contributed by atoms with E-state index in [4.69, 9.17) is 0 Å². The Hall–Kier alpha value is -1.64. The molecule has 18 heavy (non-hydrogen) atoms. The molecule has 1 N–H and O–H groups in total. The fourth-order valence-corrected chi connectivity index (χ4v) is 3.44. The van der Waals surface area contributed by atoms with Gasteiger partial charge >= 0.3 is 0 Å². The summed E-state index contributed by atoms with van der Waals surface area (Å²) in [5.41, 5.74) is 4.94. The first-order chi connectivity index (χ1) is 8.54. The second-order valence-electron chi connectivity index (χ2n) is 5.46. The quantitative estimate of drug-likeness (QED) is 0.771. The van der Waals surface area contributed by atoms with E-state index in [-0.39, 0.29) is 5.78 Å². The summed E-state index contributed by atoms with van der Waals surface area (Å²) in [7, 11) is 0. The number of carbonyl (C=O) groups excluding carboxylic acids is 2. The molecule has 1 aliphatic carbocycles. The van der Waals surface area contributed by atoms with Gasteiger partial charge in [-0.05, 0) is 41.4 Å². The summed E-state index contributed by atoms with van der Waals surface area (Å²) < 4.78 is 0. The van der Waals surface area contributed by atoms with Gasteiger partial charge in [0.2, 0.25) is 0 Å². The van der Waals surface area contributed by atoms with E-state index in [9.17, 15) is 9.59 Å². The van der Waals surface area contributed by atoms with Crippen molar-refractivity contribution in [2.45, 2.75) is 45.4 Å². The molecule has 0 spiro atoms. The predicted octanol–water partition coefficient (Wildman–Crippen LogP) is 2.99. The average molecular weight is 243 g/mol. The molecule has 0 radical (unpaired) electrons. The summed E-state index contributed by atoms with van der Waals surface area (Å²) in [6.07, 6.45) is 1.89. The summed E-state index contributed by atoms with van der Waals surface area (Å²) in [5, 5.41) is 2.78. The zero-order valence-corrected chi connectivity index (χ0v) is 11.0. The fourth-order valence-electron chi connectivity index (χ4n) is 3.44. The molecule has 0 saturated heterocycles. The van der Waals surface area contributed by atoms with Gasteiger partial charge in [0.1, 0.15) is 0 Å². The van der Waals surface area contributed by atoms with Gasteiger partial charge in [-0.3, -0.25) is 9.59 Å². The van der Waals surface area contributed by atoms with Gasteiger partial charge in [-0.1, -0.05) is 26.8 Å². The SMILES string of the molecule is CCc1cc2c(c3c1C(=O)C(=O)N3)[C@H](C)C[C@H]2C. The highest BCUT2D eigenvalue weighted by molar-refractivity contribution is 6.52. The van der Waals surface area contributed by atoms with E-state index < -0.39 is 5.91 Å². The molecule has 3 nitrogen and oxygen atoms in total. The van der Waals surface area contributed by atoms with E-state index in [0.717, 1.165) is 24.1 Å². The molecule has 0 saturated carbocycles. The standard InChI is InChI=1S/C15H17NO2/c1-4-9-6-10-7(2)5-8(3)11(10)13-12(9)14(17)15(18)16-13/h6-8H,4-5H2,1-3H3,(H,16,17,18)/t7-,8-/m1/s1. The minimum absolute atomic E-state index is 0.364. The van der Waals surface area contributed by atoms with Crippen LogP contribution in [0.15, 0.2) is 6.07 Å². The van der Waals surface area contributed by atoms with Crippen LogP contribution in [0.1, 0.15) is 66.1 Å². The Morgan fingerprint density at radius 3 is 2.67 bits per heavy atom. The van der Waals surface area contributed by atoms with Crippen molar-refractivity contribution in [1.29, 1.82) is 0 Å². The Kier molecular flexibility index (Phi) is 2.34. The van der Waals surface area contributed by atoms with Gasteiger partial charge in [0.15, 0.2) is 0 Å². The summed E-state index contributed by atoms with van der Waals surface area (Å²) in [6, 6.07) is 2.14. The van der Waals surface area contributed by atoms with Gasteiger partial charge in [-0.2, -0.15) is 0 Å². The van der Waals surface area contributed by atoms with Gasteiger partial charge < -0.3 is 5.32 Å². The second-order valence-corrected chi connectivity index (χ2v) is 5.46. The van der Waals surface area contributed by atoms with Crippen molar-refractivity contribution in [3.63, 3.8) is 0 Å². The normalized spacial score (nSPS) is 25.1. The molecule has 0 unspecified atom stereocenters. The zero-order valence-electron chi connectivity index (χ0n) is 11.0. The number of amides is 1. The highest BCUT2D eigenvalue weighted by Crippen LogP contribution is 2.48. The number of aryl methyl sites for hydroxylation is 1. The first-order valence-corrected chi connectivity index (χ1v) is 6.59. The molecule has 0 aromatic heterocycles. The van der Waals surface area contributed by atoms with Crippen molar-refractivity contribution < 1.29 is 9.59 Å². The molecule has 3 heteroatoms. The van der Waals surface area contributed by atoms with Crippen LogP contribution < -0.4 is 5.32 Å². The number of fused-ring (bicyclic) bond motifs is 3. The summed E-state index contributed by atoms with van der Waals surface area (Å²) in [6.45, 7) is 6.41. The molecular formula is C15H17NO2. The molecule has 1 amide bonds. The van der Waals surface area contributed by atoms with Crippen LogP contribution in [0.3, 0.4) is 0 Å². The van der Waals surface area contributed by atoms with E-state index in [0.29, 0.717) is 17.4 Å². The fraction of sp³-hybridized carbons (Fsp3) is 0.467. The third kappa shape index (κ3) is 1.30. The van der Waals surface area contributed by atoms with E-state index in [2.05, 4.69) is 25.2 Å². The maximum atomic E-state index is 12.0. The Labute approximate surface area is 107 Å². The molecule has 3 rings (SSSR count). The van der Waals surface area contributed by atoms with Crippen LogP contribution in [0.5, 0.6) is 0 Å². The van der Waals surface area contributed by atoms with Gasteiger partial charge in [-0.25, -0.2) is 0 Å². The van der Waals surface area contributed by atoms with Crippen LogP contribution in [0.25, 0.3) is 0 Å². The number of rotatable bonds is 1. The number of hydrogen-bond acceptors (Lipinski definition) is 2. The lowest BCUT2D eigenvalue weighted by Gasteiger charge is -2.14. The number of nitrogens with one attached hydrogen (secondary N) is 1. The molecule has 1 aromatic rings. The van der Waals surface area contributed by atoms with Crippen LogP contribution in [0.4, 0.5) is 5.69 Å². The van der Waals surface area contributed by atoms with Crippen molar-refractivity contribution >= 4 is 17.4 Å². The smallest absolute Gasteiger partial charge is 0.296 e. The second kappa shape index (κ2) is 3.67. The number of ketones is 1. The number of Topliss-reactive ketones (excluding diaryl/α,β-unsaturated/α-hetero) is 1. The number of benzene rings is 1. The third-order valence-electron chi connectivity index (χ3n) is 4.26. The van der Waals surface area contributed by atoms with E-state index in [1.54, 1.807) is 0 Å². The number of hydrogen-bond donors (Lipinski definition) is 1. The van der Waals surface area contributed by atoms with Crippen LogP contribution in [-0.4, -0.2) is 11.7 Å². The van der Waals surface area contributed by atoms with Crippen molar-refractivity contribution in [3.05, 3.63) is 28.3 Å². The Bertz CT molecular complexity index is 574. The Morgan fingerprint density at radius 1 is 1.28 bits per heavy atom. The molecule has 1 aromatic carbocycles. The summed E-state index contributed by atoms with van der Waals surface area (Å²) >= 11 is 0. The maximum Gasteiger partial charge on any atom is 0.296 e. The summed E-state index contributed by atoms with van der Waals surface area (Å²) in [5.74, 6) is 0.0929. The molecule has 0 bridgehead atoms. The number of carbonyl (C=O) groups is 2. The van der Waals surface area contributed by atoms with Crippen LogP contribution in [0.2, 0.25) is 0 Å². The van der Waals surface area contributed by atoms with Gasteiger partial charge in [-0.15, -0.1) is 0 Å². The average Bonchev–Trinajstić information content (AvgIpc) is 2.78. The van der Waals surface area contributed by atoms with Crippen molar-refractivity contribution in [3.8, 4) is 0 Å². The molecule has 2 atom stereocenters. The van der Waals surface area contributed by atoms with Crippen LogP contribution in [0, 0.1) is 0 Å². The van der Waals surface area contributed by atoms with Crippen molar-refractivity contribution in [2.75, 3.05) is 5.32 Å². The van der Waals surface area contributed by atoms with Crippen molar-refractivity contribution in [1.82, 2.24) is 0 Å². The topological polar surface area (TPSA) is 46.2 Å². The molecule has 94 valence electrons. The van der Waals surface area contributed by atoms with Crippen LogP contribution in [-0.2, 0) is 11.2 Å². The maximum absolute atomic E-state index is 12.0. The molecule has 0 fully saturated rings. The highest BCUT2D eigenvalue weighted by Gasteiger charge is 2.38. The van der Waals surface area contributed by atoms with Crippen molar-refractivity contribution in [2.24, 2.45) is 0 Å². The van der Waals surface area contributed by atoms with Crippen LogP contribution >= 0.6 is 0 Å². The van der Waals surface area contributed by atoms with E-state index >= 15 is 0 Å². The Balaban J connectivity index is 2.32. The minimum atomic E-state index is -0.472. The summed E-state index contributed by atoms with van der Waals surface area (Å²) in [4.78, 5) is 23.6. The largest absolute Gasteiger partial charge is 0.318 e. The highest BCUT2D eigenvalue weighted by atomic mass is 16.2. The zero-order chi connectivity index (χ0) is 13.0. The van der Waals surface area contributed by atoms with E-state index in [1.807, 2.05) is 6.92 Å². The predicted molar refractivity (Wildman–Crippen MR) is 70.2 cm³/mol. The lowest BCUT2D eigenvalue weighted by atomic mass is 9.91. The molecule has 1 aliphatic heterocycles. The van der Waals surface area contributed by atoms with Gasteiger partial charge in [0, 0.05) is 0 Å².